The van der Waals surface area contributed by atoms with Gasteiger partial charge in [0.15, 0.2) is 0 Å². The summed E-state index contributed by atoms with van der Waals surface area (Å²) >= 11 is 0. The Morgan fingerprint density at radius 2 is 1.68 bits per heavy atom. The summed E-state index contributed by atoms with van der Waals surface area (Å²) in [5, 5.41) is 0. The quantitative estimate of drug-likeness (QED) is 0.245. The number of terminal acetylenes is 1. The van der Waals surface area contributed by atoms with Crippen LogP contribution in [0.5, 0.6) is 0 Å². The van der Waals surface area contributed by atoms with E-state index in [0.29, 0.717) is 6.42 Å². The highest BCUT2D eigenvalue weighted by Crippen LogP contribution is 2.34. The second-order valence-electron chi connectivity index (χ2n) is 10.8. The van der Waals surface area contributed by atoms with Crippen LogP contribution < -0.4 is 0 Å². The van der Waals surface area contributed by atoms with Gasteiger partial charge in [0.05, 0.1) is 0 Å². The number of hydrogen-bond donors (Lipinski definition) is 0. The van der Waals surface area contributed by atoms with E-state index in [1.165, 1.54) is 50.1 Å². The van der Waals surface area contributed by atoms with Crippen molar-refractivity contribution in [1.29, 1.82) is 0 Å². The van der Waals surface area contributed by atoms with Crippen LogP contribution in [-0.2, 0) is 18.3 Å². The Morgan fingerprint density at radius 3 is 2.35 bits per heavy atom. The minimum absolute atomic E-state index is 0.0898. The molecule has 0 amide bonds. The Morgan fingerprint density at radius 1 is 0.973 bits per heavy atom. The number of allylic oxidation sites excluding steroid dienone is 8. The highest BCUT2D eigenvalue weighted by atomic mass is 14.3. The van der Waals surface area contributed by atoms with Gasteiger partial charge in [-0.1, -0.05) is 111 Å². The van der Waals surface area contributed by atoms with Crippen molar-refractivity contribution in [1.82, 2.24) is 0 Å². The molecule has 0 radical (unpaired) electrons. The lowest BCUT2D eigenvalue weighted by molar-refractivity contribution is 0.611. The van der Waals surface area contributed by atoms with Crippen molar-refractivity contribution in [2.45, 2.75) is 85.5 Å². The van der Waals surface area contributed by atoms with Crippen LogP contribution in [-0.4, -0.2) is 0 Å². The average molecular weight is 487 g/mol. The number of rotatable bonds is 9. The molecule has 37 heavy (non-hydrogen) atoms. The highest BCUT2D eigenvalue weighted by Gasteiger charge is 2.25. The van der Waals surface area contributed by atoms with Crippen molar-refractivity contribution in [2.75, 3.05) is 0 Å². The van der Waals surface area contributed by atoms with Gasteiger partial charge < -0.3 is 0 Å². The van der Waals surface area contributed by atoms with Gasteiger partial charge in [-0.2, -0.15) is 0 Å². The van der Waals surface area contributed by atoms with Crippen LogP contribution in [0, 0.1) is 38.0 Å². The summed E-state index contributed by atoms with van der Waals surface area (Å²) in [5.41, 5.74) is 12.0. The minimum Gasteiger partial charge on any atom is -0.120 e. The average Bonchev–Trinajstić information content (AvgIpc) is 2.86. The summed E-state index contributed by atoms with van der Waals surface area (Å²) in [6, 6.07) is 15.9. The molecule has 0 bridgehead atoms. The minimum atomic E-state index is -0.0898. The molecule has 0 aromatic heterocycles. The Hall–Kier alpha value is -3.48. The van der Waals surface area contributed by atoms with Gasteiger partial charge in [0.25, 0.3) is 0 Å². The molecule has 1 aliphatic rings. The summed E-state index contributed by atoms with van der Waals surface area (Å²) in [6.45, 7) is 13.4. The summed E-state index contributed by atoms with van der Waals surface area (Å²) in [4.78, 5) is 0. The van der Waals surface area contributed by atoms with Crippen LogP contribution >= 0.6 is 0 Å². The fourth-order valence-corrected chi connectivity index (χ4v) is 4.65. The van der Waals surface area contributed by atoms with Gasteiger partial charge in [0.2, 0.25) is 0 Å². The van der Waals surface area contributed by atoms with Gasteiger partial charge in [-0.3, -0.25) is 0 Å². The second kappa shape index (κ2) is 13.2. The first-order chi connectivity index (χ1) is 17.7. The smallest absolute Gasteiger partial charge is 0.0311 e. The molecule has 0 N–H and O–H groups in total. The van der Waals surface area contributed by atoms with Crippen LogP contribution in [0.4, 0.5) is 0 Å². The molecule has 0 nitrogen and oxygen atoms in total. The first kappa shape index (κ1) is 28.1. The second-order valence-corrected chi connectivity index (χ2v) is 10.8. The molecule has 0 aliphatic heterocycles. The molecule has 190 valence electrons. The first-order valence-electron chi connectivity index (χ1n) is 13.5. The monoisotopic (exact) mass is 486 g/mol. The summed E-state index contributed by atoms with van der Waals surface area (Å²) in [5.74, 6) is 9.60. The van der Waals surface area contributed by atoms with E-state index >= 15 is 0 Å². The van der Waals surface area contributed by atoms with Crippen molar-refractivity contribution in [3.63, 3.8) is 0 Å². The molecule has 3 rings (SSSR count). The Bertz CT molecular complexity index is 1320. The molecule has 2 aromatic carbocycles. The van der Waals surface area contributed by atoms with E-state index in [1.807, 2.05) is 0 Å². The Labute approximate surface area is 226 Å². The van der Waals surface area contributed by atoms with Crippen LogP contribution in [0.2, 0.25) is 0 Å². The van der Waals surface area contributed by atoms with E-state index in [2.05, 4.69) is 126 Å². The first-order valence-corrected chi connectivity index (χ1v) is 13.5. The molecule has 0 unspecified atom stereocenters. The molecule has 0 saturated heterocycles. The maximum absolute atomic E-state index is 5.52. The Balaban J connectivity index is 1.80. The normalized spacial score (nSPS) is 17.3. The number of hydrogen-bond acceptors (Lipinski definition) is 0. The Kier molecular flexibility index (Phi) is 10.0. The predicted molar refractivity (Wildman–Crippen MR) is 162 cm³/mol. The highest BCUT2D eigenvalue weighted by molar-refractivity contribution is 5.43. The van der Waals surface area contributed by atoms with Crippen molar-refractivity contribution in [2.24, 2.45) is 0 Å². The molecule has 0 spiro atoms. The topological polar surface area (TPSA) is 0 Å². The fraction of sp³-hybridized carbons (Fsp3) is 0.351. The SMILES string of the molecule is C#CC/C=C(\C=C(\C)CC)Cc1ccc(C(C)(C)/C2=C/C=C(/Cc3ccc(C)c(C)c3)CC#CC2)cc1. The molecule has 2 aromatic rings. The third-order valence-corrected chi connectivity index (χ3v) is 7.60. The molecule has 0 atom stereocenters. The van der Waals surface area contributed by atoms with Crippen LogP contribution in [0.15, 0.2) is 89.1 Å². The van der Waals surface area contributed by atoms with E-state index in [1.54, 1.807) is 0 Å². The molecule has 1 aliphatic carbocycles. The third kappa shape index (κ3) is 8.00. The van der Waals surface area contributed by atoms with Crippen molar-refractivity contribution >= 4 is 0 Å². The lowest BCUT2D eigenvalue weighted by Gasteiger charge is -2.28. The molecule has 0 fully saturated rings. The zero-order valence-corrected chi connectivity index (χ0v) is 23.7. The zero-order chi connectivity index (χ0) is 26.8. The number of aryl methyl sites for hydroxylation is 2. The van der Waals surface area contributed by atoms with E-state index in [9.17, 15) is 0 Å². The van der Waals surface area contributed by atoms with Crippen LogP contribution in [0.1, 0.15) is 81.2 Å². The fourth-order valence-electron chi connectivity index (χ4n) is 4.65. The summed E-state index contributed by atoms with van der Waals surface area (Å²) in [7, 11) is 0. The molecule has 0 heteroatoms. The van der Waals surface area contributed by atoms with Gasteiger partial charge in [0.1, 0.15) is 0 Å². The van der Waals surface area contributed by atoms with Gasteiger partial charge in [-0.05, 0) is 79.0 Å². The molecule has 0 saturated carbocycles. The van der Waals surface area contributed by atoms with E-state index in [-0.39, 0.29) is 5.41 Å². The molecule has 0 heterocycles. The maximum Gasteiger partial charge on any atom is 0.0311 e. The van der Waals surface area contributed by atoms with Crippen LogP contribution in [0.25, 0.3) is 0 Å². The van der Waals surface area contributed by atoms with E-state index in [0.717, 1.165) is 32.1 Å². The van der Waals surface area contributed by atoms with Crippen molar-refractivity contribution < 1.29 is 0 Å². The van der Waals surface area contributed by atoms with Gasteiger partial charge in [-0.15, -0.1) is 12.3 Å². The van der Waals surface area contributed by atoms with Gasteiger partial charge in [-0.25, -0.2) is 0 Å². The van der Waals surface area contributed by atoms with Crippen LogP contribution in [0.3, 0.4) is 0 Å². The molecular formula is C37H42. The van der Waals surface area contributed by atoms with Gasteiger partial charge >= 0.3 is 0 Å². The lowest BCUT2D eigenvalue weighted by Crippen LogP contribution is -2.20. The summed E-state index contributed by atoms with van der Waals surface area (Å²) in [6.07, 6.45) is 19.9. The van der Waals surface area contributed by atoms with E-state index < -0.39 is 0 Å². The lowest BCUT2D eigenvalue weighted by atomic mass is 9.75. The van der Waals surface area contributed by atoms with Crippen molar-refractivity contribution in [3.8, 4) is 24.2 Å². The third-order valence-electron chi connectivity index (χ3n) is 7.60. The predicted octanol–water partition coefficient (Wildman–Crippen LogP) is 9.32. The summed E-state index contributed by atoms with van der Waals surface area (Å²) < 4.78 is 0. The standard InChI is InChI=1S/C37H42/c1-8-10-13-33(24-28(3)9-2)27-32-19-22-36(23-20-32)37(6,7)35-15-12-11-14-31(18-21-35)26-34-17-16-29(4)30(5)25-34/h1,13,16-25H,9-10,14-15,26-27H2,2-7H3/b28-24-,31-18+,33-13+,35-21+. The molecular weight excluding hydrogens is 444 g/mol. The zero-order valence-electron chi connectivity index (χ0n) is 23.7. The van der Waals surface area contributed by atoms with E-state index in [4.69, 9.17) is 6.42 Å². The maximum atomic E-state index is 5.52. The largest absolute Gasteiger partial charge is 0.120 e. The van der Waals surface area contributed by atoms with Crippen molar-refractivity contribution in [3.05, 3.63) is 117 Å². The number of benzene rings is 2. The van der Waals surface area contributed by atoms with Gasteiger partial charge in [0, 0.05) is 24.7 Å².